The van der Waals surface area contributed by atoms with Crippen molar-refractivity contribution in [2.24, 2.45) is 0 Å². The molecule has 0 unspecified atom stereocenters. The molecule has 0 spiro atoms. The van der Waals surface area contributed by atoms with Crippen molar-refractivity contribution in [1.82, 2.24) is 4.90 Å². The average molecular weight is 387 g/mol. The third kappa shape index (κ3) is 4.61. The van der Waals surface area contributed by atoms with E-state index < -0.39 is 33.5 Å². The van der Waals surface area contributed by atoms with Crippen LogP contribution in [0.4, 0.5) is 0 Å². The SMILES string of the molecule is O=C(C[C@H]1[C@@H](O)CC(=O)N1Cc1ccccc1)CS(=O)(=O)c1ccccc1. The molecule has 7 heteroatoms. The number of Topliss-reactive ketones (excluding diaryl/α,β-unsaturated/α-hetero) is 1. The molecule has 1 saturated heterocycles. The number of carbonyl (C=O) groups excluding carboxylic acids is 2. The highest BCUT2D eigenvalue weighted by atomic mass is 32.2. The summed E-state index contributed by atoms with van der Waals surface area (Å²) >= 11 is 0. The van der Waals surface area contributed by atoms with Crippen LogP contribution in [-0.4, -0.2) is 48.0 Å². The zero-order chi connectivity index (χ0) is 19.4. The molecule has 1 amide bonds. The minimum absolute atomic E-state index is 0.0593. The summed E-state index contributed by atoms with van der Waals surface area (Å²) in [4.78, 5) is 26.2. The maximum absolute atomic E-state index is 12.4. The Morgan fingerprint density at radius 3 is 2.26 bits per heavy atom. The molecule has 142 valence electrons. The van der Waals surface area contributed by atoms with Gasteiger partial charge in [-0.3, -0.25) is 9.59 Å². The third-order valence-electron chi connectivity index (χ3n) is 4.63. The second-order valence-electron chi connectivity index (χ2n) is 6.66. The predicted octanol–water partition coefficient (Wildman–Crippen LogP) is 1.58. The molecule has 27 heavy (non-hydrogen) atoms. The monoisotopic (exact) mass is 387 g/mol. The lowest BCUT2D eigenvalue weighted by Crippen LogP contribution is -2.39. The number of rotatable bonds is 7. The van der Waals surface area contributed by atoms with E-state index in [1.165, 1.54) is 17.0 Å². The molecule has 3 rings (SSSR count). The van der Waals surface area contributed by atoms with Gasteiger partial charge in [0.25, 0.3) is 0 Å². The van der Waals surface area contributed by atoms with Gasteiger partial charge in [0.1, 0.15) is 11.5 Å². The van der Waals surface area contributed by atoms with E-state index >= 15 is 0 Å². The van der Waals surface area contributed by atoms with Gasteiger partial charge in [-0.25, -0.2) is 8.42 Å². The molecule has 1 N–H and O–H groups in total. The second kappa shape index (κ2) is 8.02. The van der Waals surface area contributed by atoms with Crippen LogP contribution in [0.1, 0.15) is 18.4 Å². The Hall–Kier alpha value is -2.51. The Bertz CT molecular complexity index is 912. The Kier molecular flexibility index (Phi) is 5.72. The molecular formula is C20H21NO5S. The largest absolute Gasteiger partial charge is 0.390 e. The zero-order valence-electron chi connectivity index (χ0n) is 14.7. The molecule has 2 aromatic carbocycles. The van der Waals surface area contributed by atoms with E-state index in [1.54, 1.807) is 18.2 Å². The molecule has 1 heterocycles. The van der Waals surface area contributed by atoms with E-state index in [0.29, 0.717) is 0 Å². The van der Waals surface area contributed by atoms with Crippen LogP contribution in [0.25, 0.3) is 0 Å². The molecule has 2 aromatic rings. The minimum atomic E-state index is -3.74. The smallest absolute Gasteiger partial charge is 0.225 e. The first-order valence-corrected chi connectivity index (χ1v) is 10.3. The Morgan fingerprint density at radius 1 is 1.04 bits per heavy atom. The molecule has 1 aliphatic rings. The average Bonchev–Trinajstić information content (AvgIpc) is 2.90. The van der Waals surface area contributed by atoms with Gasteiger partial charge in [-0.05, 0) is 17.7 Å². The molecule has 0 aliphatic carbocycles. The Balaban J connectivity index is 1.70. The van der Waals surface area contributed by atoms with Crippen LogP contribution < -0.4 is 0 Å². The van der Waals surface area contributed by atoms with Gasteiger partial charge < -0.3 is 10.0 Å². The number of aliphatic hydroxyl groups excluding tert-OH is 1. The number of hydrogen-bond donors (Lipinski definition) is 1. The maximum Gasteiger partial charge on any atom is 0.225 e. The first-order valence-electron chi connectivity index (χ1n) is 8.68. The van der Waals surface area contributed by atoms with E-state index in [-0.39, 0.29) is 30.2 Å². The lowest BCUT2D eigenvalue weighted by molar-refractivity contribution is -0.130. The van der Waals surface area contributed by atoms with Crippen molar-refractivity contribution in [3.05, 3.63) is 66.2 Å². The van der Waals surface area contributed by atoms with E-state index in [4.69, 9.17) is 0 Å². The quantitative estimate of drug-likeness (QED) is 0.779. The number of aliphatic hydroxyl groups is 1. The van der Waals surface area contributed by atoms with Gasteiger partial charge in [-0.2, -0.15) is 0 Å². The number of likely N-dealkylation sites (tertiary alicyclic amines) is 1. The molecule has 0 saturated carbocycles. The standard InChI is InChI=1S/C20H21NO5S/c22-16(14-27(25,26)17-9-5-2-6-10-17)11-18-19(23)12-20(24)21(18)13-15-7-3-1-4-8-15/h1-10,18-19,23H,11-14H2/t18-,19-/m0/s1. The number of carbonyl (C=O) groups is 2. The number of amides is 1. The molecule has 2 atom stereocenters. The fourth-order valence-electron chi connectivity index (χ4n) is 3.27. The van der Waals surface area contributed by atoms with E-state index in [9.17, 15) is 23.1 Å². The van der Waals surface area contributed by atoms with Gasteiger partial charge >= 0.3 is 0 Å². The molecular weight excluding hydrogens is 366 g/mol. The van der Waals surface area contributed by atoms with E-state index in [2.05, 4.69) is 0 Å². The fraction of sp³-hybridized carbons (Fsp3) is 0.300. The summed E-state index contributed by atoms with van der Waals surface area (Å²) in [5.41, 5.74) is 0.884. The van der Waals surface area contributed by atoms with Crippen molar-refractivity contribution in [3.63, 3.8) is 0 Å². The van der Waals surface area contributed by atoms with Crippen molar-refractivity contribution in [1.29, 1.82) is 0 Å². The predicted molar refractivity (Wildman–Crippen MR) is 99.5 cm³/mol. The first kappa shape index (κ1) is 19.3. The maximum atomic E-state index is 12.4. The van der Waals surface area contributed by atoms with Crippen molar-refractivity contribution in [2.75, 3.05) is 5.75 Å². The highest BCUT2D eigenvalue weighted by Crippen LogP contribution is 2.25. The fourth-order valence-corrected chi connectivity index (χ4v) is 4.55. The minimum Gasteiger partial charge on any atom is -0.390 e. The lowest BCUT2D eigenvalue weighted by Gasteiger charge is -2.26. The van der Waals surface area contributed by atoms with Gasteiger partial charge in [0.15, 0.2) is 9.84 Å². The lowest BCUT2D eigenvalue weighted by atomic mass is 10.1. The number of benzene rings is 2. The summed E-state index contributed by atoms with van der Waals surface area (Å²) in [5.74, 6) is -1.40. The third-order valence-corrected chi connectivity index (χ3v) is 6.33. The molecule has 0 radical (unpaired) electrons. The summed E-state index contributed by atoms with van der Waals surface area (Å²) in [6, 6.07) is 16.3. The molecule has 1 fully saturated rings. The Morgan fingerprint density at radius 2 is 1.63 bits per heavy atom. The van der Waals surface area contributed by atoms with Crippen molar-refractivity contribution in [3.8, 4) is 0 Å². The first-order chi connectivity index (χ1) is 12.9. The van der Waals surface area contributed by atoms with Crippen molar-refractivity contribution < 1.29 is 23.1 Å². The molecule has 0 bridgehead atoms. The van der Waals surface area contributed by atoms with E-state index in [1.807, 2.05) is 30.3 Å². The number of nitrogens with zero attached hydrogens (tertiary/aromatic N) is 1. The van der Waals surface area contributed by atoms with Crippen LogP contribution in [0.5, 0.6) is 0 Å². The van der Waals surface area contributed by atoms with Crippen LogP contribution >= 0.6 is 0 Å². The Labute approximate surface area is 158 Å². The number of ketones is 1. The van der Waals surface area contributed by atoms with Crippen molar-refractivity contribution in [2.45, 2.75) is 36.4 Å². The summed E-state index contributed by atoms with van der Waals surface area (Å²) in [6.07, 6.45) is -1.23. The van der Waals surface area contributed by atoms with Gasteiger partial charge in [0.05, 0.1) is 23.5 Å². The number of sulfone groups is 1. The molecule has 0 aromatic heterocycles. The van der Waals surface area contributed by atoms with Crippen LogP contribution in [0.15, 0.2) is 65.6 Å². The normalized spacial score (nSPS) is 20.0. The summed E-state index contributed by atoms with van der Waals surface area (Å²) in [5, 5.41) is 10.2. The van der Waals surface area contributed by atoms with Gasteiger partial charge in [-0.1, -0.05) is 48.5 Å². The van der Waals surface area contributed by atoms with Crippen LogP contribution in [0, 0.1) is 0 Å². The zero-order valence-corrected chi connectivity index (χ0v) is 15.5. The summed E-state index contributed by atoms with van der Waals surface area (Å²) in [7, 11) is -3.74. The van der Waals surface area contributed by atoms with E-state index in [0.717, 1.165) is 5.56 Å². The molecule has 6 nitrogen and oxygen atoms in total. The van der Waals surface area contributed by atoms with Crippen LogP contribution in [0.3, 0.4) is 0 Å². The second-order valence-corrected chi connectivity index (χ2v) is 8.65. The topological polar surface area (TPSA) is 91.8 Å². The van der Waals surface area contributed by atoms with Crippen molar-refractivity contribution >= 4 is 21.5 Å². The highest BCUT2D eigenvalue weighted by Gasteiger charge is 2.40. The number of hydrogen-bond acceptors (Lipinski definition) is 5. The van der Waals surface area contributed by atoms with Crippen LogP contribution in [-0.2, 0) is 26.0 Å². The van der Waals surface area contributed by atoms with Gasteiger partial charge in [0, 0.05) is 13.0 Å². The van der Waals surface area contributed by atoms with Gasteiger partial charge in [-0.15, -0.1) is 0 Å². The van der Waals surface area contributed by atoms with Crippen LogP contribution in [0.2, 0.25) is 0 Å². The highest BCUT2D eigenvalue weighted by molar-refractivity contribution is 7.92. The molecule has 1 aliphatic heterocycles. The summed E-state index contributed by atoms with van der Waals surface area (Å²) < 4.78 is 24.7. The summed E-state index contributed by atoms with van der Waals surface area (Å²) in [6.45, 7) is 0.278. The van der Waals surface area contributed by atoms with Gasteiger partial charge in [0.2, 0.25) is 5.91 Å².